The Hall–Kier alpha value is -3.53. The number of anilines is 2. The molecule has 2 amide bonds. The second-order valence-electron chi connectivity index (χ2n) is 6.76. The highest BCUT2D eigenvalue weighted by Crippen LogP contribution is 2.35. The van der Waals surface area contributed by atoms with Gasteiger partial charge in [0.1, 0.15) is 6.04 Å². The average Bonchev–Trinajstić information content (AvgIpc) is 3.38. The van der Waals surface area contributed by atoms with Crippen LogP contribution in [0.1, 0.15) is 18.0 Å². The van der Waals surface area contributed by atoms with E-state index < -0.39 is 6.04 Å². The van der Waals surface area contributed by atoms with Gasteiger partial charge in [-0.05, 0) is 17.7 Å². The number of amides is 2. The Balaban J connectivity index is 1.33. The third-order valence-corrected chi connectivity index (χ3v) is 5.60. The van der Waals surface area contributed by atoms with Crippen LogP contribution in [0.15, 0.2) is 53.7 Å². The molecule has 152 valence electrons. The van der Waals surface area contributed by atoms with Crippen LogP contribution in [0.3, 0.4) is 0 Å². The maximum absolute atomic E-state index is 12.9. The normalized spacial score (nSPS) is 16.7. The summed E-state index contributed by atoms with van der Waals surface area (Å²) in [4.78, 5) is 29.4. The number of aromatic nitrogens is 3. The number of hydrogen-bond acceptors (Lipinski definition) is 7. The van der Waals surface area contributed by atoms with Crippen LogP contribution in [0, 0.1) is 0 Å². The van der Waals surface area contributed by atoms with Crippen LogP contribution in [0.2, 0.25) is 0 Å². The number of carbonyl (C=O) groups excluding carboxylic acids is 2. The van der Waals surface area contributed by atoms with Crippen molar-refractivity contribution in [2.24, 2.45) is 0 Å². The first-order chi connectivity index (χ1) is 14.7. The molecule has 0 saturated carbocycles. The summed E-state index contributed by atoms with van der Waals surface area (Å²) in [5, 5.41) is 10.4. The number of hydrogen-bond donors (Lipinski definition) is 2. The van der Waals surface area contributed by atoms with Crippen molar-refractivity contribution in [1.82, 2.24) is 14.8 Å². The van der Waals surface area contributed by atoms with E-state index in [0.717, 1.165) is 5.56 Å². The van der Waals surface area contributed by atoms with Crippen molar-refractivity contribution in [3.05, 3.63) is 54.1 Å². The first kappa shape index (κ1) is 18.5. The van der Waals surface area contributed by atoms with Gasteiger partial charge in [-0.15, -0.1) is 5.10 Å². The van der Waals surface area contributed by atoms with Gasteiger partial charge in [0, 0.05) is 17.5 Å². The molecular weight excluding hydrogens is 406 g/mol. The topological polar surface area (TPSA) is 107 Å². The van der Waals surface area contributed by atoms with E-state index >= 15 is 0 Å². The zero-order valence-electron chi connectivity index (χ0n) is 15.7. The monoisotopic (exact) mass is 423 g/mol. The van der Waals surface area contributed by atoms with Gasteiger partial charge in [0.05, 0.1) is 6.42 Å². The van der Waals surface area contributed by atoms with Gasteiger partial charge in [0.25, 0.3) is 0 Å². The molecule has 0 aliphatic carbocycles. The van der Waals surface area contributed by atoms with E-state index in [4.69, 9.17) is 9.47 Å². The molecule has 9 nitrogen and oxygen atoms in total. The molecule has 3 heterocycles. The maximum Gasteiger partial charge on any atom is 0.249 e. The van der Waals surface area contributed by atoms with E-state index in [2.05, 4.69) is 20.7 Å². The summed E-state index contributed by atoms with van der Waals surface area (Å²) in [7, 11) is 0. The lowest BCUT2D eigenvalue weighted by Gasteiger charge is -2.22. The fourth-order valence-corrected chi connectivity index (χ4v) is 4.02. The van der Waals surface area contributed by atoms with Crippen molar-refractivity contribution in [3.8, 4) is 11.5 Å². The Bertz CT molecular complexity index is 1120. The van der Waals surface area contributed by atoms with Crippen LogP contribution in [0.5, 0.6) is 11.5 Å². The summed E-state index contributed by atoms with van der Waals surface area (Å²) in [5.41, 5.74) is 1.69. The first-order valence-corrected chi connectivity index (χ1v) is 10.3. The molecule has 0 saturated heterocycles. The lowest BCUT2D eigenvalue weighted by atomic mass is 10.1. The lowest BCUT2D eigenvalue weighted by Crippen LogP contribution is -2.36. The highest BCUT2D eigenvalue weighted by molar-refractivity contribution is 7.98. The van der Waals surface area contributed by atoms with Gasteiger partial charge in [0.15, 0.2) is 11.5 Å². The number of nitrogens with one attached hydrogen (secondary N) is 2. The fraction of sp³-hybridized carbons (Fsp3) is 0.200. The zero-order valence-corrected chi connectivity index (χ0v) is 16.5. The largest absolute Gasteiger partial charge is 0.454 e. The Labute approximate surface area is 175 Å². The Morgan fingerprint density at radius 1 is 1.20 bits per heavy atom. The first-order valence-electron chi connectivity index (χ1n) is 9.29. The van der Waals surface area contributed by atoms with Crippen LogP contribution < -0.4 is 20.1 Å². The SMILES string of the molecule is O=C1C[C@H](C(=O)Nc2ccc3c(c2)OCO3)n2nc(SCc3ccccc3)nc2N1. The van der Waals surface area contributed by atoms with Gasteiger partial charge in [0.2, 0.25) is 29.7 Å². The average molecular weight is 423 g/mol. The minimum atomic E-state index is -0.794. The molecular formula is C20H17N5O4S. The van der Waals surface area contributed by atoms with Crippen molar-refractivity contribution in [1.29, 1.82) is 0 Å². The minimum Gasteiger partial charge on any atom is -0.454 e. The van der Waals surface area contributed by atoms with E-state index in [1.807, 2.05) is 30.3 Å². The molecule has 2 aromatic carbocycles. The fourth-order valence-electron chi connectivity index (χ4n) is 3.23. The predicted octanol–water partition coefficient (Wildman–Crippen LogP) is 2.82. The van der Waals surface area contributed by atoms with Gasteiger partial charge in [-0.25, -0.2) is 4.68 Å². The van der Waals surface area contributed by atoms with E-state index in [1.54, 1.807) is 18.2 Å². The Morgan fingerprint density at radius 2 is 2.03 bits per heavy atom. The van der Waals surface area contributed by atoms with E-state index in [1.165, 1.54) is 16.4 Å². The summed E-state index contributed by atoms with van der Waals surface area (Å²) in [6.07, 6.45) is -0.0183. The Kier molecular flexibility index (Phi) is 4.75. The highest BCUT2D eigenvalue weighted by Gasteiger charge is 2.33. The summed E-state index contributed by atoms with van der Waals surface area (Å²) in [5.74, 6) is 1.52. The third-order valence-electron chi connectivity index (χ3n) is 4.69. The summed E-state index contributed by atoms with van der Waals surface area (Å²) in [6, 6.07) is 14.3. The highest BCUT2D eigenvalue weighted by atomic mass is 32.2. The van der Waals surface area contributed by atoms with Gasteiger partial charge >= 0.3 is 0 Å². The van der Waals surface area contributed by atoms with Crippen LogP contribution in [0.4, 0.5) is 11.6 Å². The number of rotatable bonds is 5. The molecule has 2 aliphatic heterocycles. The van der Waals surface area contributed by atoms with Crippen molar-refractivity contribution in [2.75, 3.05) is 17.4 Å². The molecule has 1 atom stereocenters. The molecule has 1 aromatic heterocycles. The molecule has 2 aliphatic rings. The van der Waals surface area contributed by atoms with Gasteiger partial charge in [-0.3, -0.25) is 14.9 Å². The lowest BCUT2D eigenvalue weighted by molar-refractivity contribution is -0.125. The molecule has 2 N–H and O–H groups in total. The molecule has 0 spiro atoms. The van der Waals surface area contributed by atoms with Gasteiger partial charge in [-0.2, -0.15) is 4.98 Å². The number of benzene rings is 2. The van der Waals surface area contributed by atoms with Crippen molar-refractivity contribution in [2.45, 2.75) is 23.4 Å². The number of nitrogens with zero attached hydrogens (tertiary/aromatic N) is 3. The minimum absolute atomic E-state index is 0.0183. The van der Waals surface area contributed by atoms with Crippen LogP contribution >= 0.6 is 11.8 Å². The molecule has 0 bridgehead atoms. The van der Waals surface area contributed by atoms with E-state index in [0.29, 0.717) is 28.1 Å². The van der Waals surface area contributed by atoms with Gasteiger partial charge in [-0.1, -0.05) is 42.1 Å². The quantitative estimate of drug-likeness (QED) is 0.608. The van der Waals surface area contributed by atoms with E-state index in [-0.39, 0.29) is 31.0 Å². The molecule has 0 fully saturated rings. The Morgan fingerprint density at radius 3 is 2.90 bits per heavy atom. The summed E-state index contributed by atoms with van der Waals surface area (Å²) < 4.78 is 12.1. The molecule has 0 radical (unpaired) electrons. The van der Waals surface area contributed by atoms with Crippen molar-refractivity contribution in [3.63, 3.8) is 0 Å². The van der Waals surface area contributed by atoms with E-state index in [9.17, 15) is 9.59 Å². The second kappa shape index (κ2) is 7.71. The van der Waals surface area contributed by atoms with Crippen LogP contribution in [-0.2, 0) is 15.3 Å². The molecule has 30 heavy (non-hydrogen) atoms. The maximum atomic E-state index is 12.9. The van der Waals surface area contributed by atoms with Gasteiger partial charge < -0.3 is 14.8 Å². The van der Waals surface area contributed by atoms with Crippen LogP contribution in [-0.4, -0.2) is 33.4 Å². The van der Waals surface area contributed by atoms with Crippen molar-refractivity contribution < 1.29 is 19.1 Å². The van der Waals surface area contributed by atoms with Crippen molar-refractivity contribution >= 4 is 35.2 Å². The molecule has 3 aromatic rings. The standard InChI is InChI=1S/C20H17N5O4S/c26-17-9-14(18(27)21-13-6-7-15-16(8-13)29-11-28-15)25-19(22-17)23-20(24-25)30-10-12-4-2-1-3-5-12/h1-8,14H,9-11H2,(H,21,27)(H,22,23,24,26)/t14-/m1/s1. The predicted molar refractivity (Wildman–Crippen MR) is 110 cm³/mol. The second-order valence-corrected chi connectivity index (χ2v) is 7.70. The number of thioether (sulfide) groups is 1. The van der Waals surface area contributed by atoms with Crippen LogP contribution in [0.25, 0.3) is 0 Å². The third kappa shape index (κ3) is 3.69. The molecule has 0 unspecified atom stereocenters. The number of ether oxygens (including phenoxy) is 2. The zero-order chi connectivity index (χ0) is 20.5. The number of carbonyl (C=O) groups is 2. The summed E-state index contributed by atoms with van der Waals surface area (Å²) >= 11 is 1.44. The number of fused-ring (bicyclic) bond motifs is 2. The molecule has 10 heteroatoms. The summed E-state index contributed by atoms with van der Waals surface area (Å²) in [6.45, 7) is 0.154. The molecule has 5 rings (SSSR count). The smallest absolute Gasteiger partial charge is 0.249 e.